The lowest BCUT2D eigenvalue weighted by Gasteiger charge is -2.00. The molecule has 2 heterocycles. The Kier molecular flexibility index (Phi) is 8.36. The van der Waals surface area contributed by atoms with Crippen LogP contribution in [0.2, 0.25) is 5.02 Å². The maximum Gasteiger partial charge on any atom is 0.250 e. The predicted octanol–water partition coefficient (Wildman–Crippen LogP) is 5.37. The molecule has 0 spiro atoms. The average Bonchev–Trinajstić information content (AvgIpc) is 3.38. The number of hydrogen-bond acceptors (Lipinski definition) is 8. The molecule has 1 N–H and O–H groups in total. The van der Waals surface area contributed by atoms with Gasteiger partial charge >= 0.3 is 0 Å². The number of nitrogens with zero attached hydrogens (tertiary/aromatic N) is 3. The zero-order chi connectivity index (χ0) is 20.5. The van der Waals surface area contributed by atoms with Crippen LogP contribution < -0.4 is 5.43 Å². The van der Waals surface area contributed by atoms with E-state index >= 15 is 0 Å². The Bertz CT molecular complexity index is 1000. The van der Waals surface area contributed by atoms with E-state index in [1.165, 1.54) is 23.1 Å². The lowest BCUT2D eigenvalue weighted by Crippen LogP contribution is -2.19. The Labute approximate surface area is 185 Å². The second-order valence-corrected chi connectivity index (χ2v) is 9.53. The molecule has 3 rings (SSSR count). The largest absolute Gasteiger partial charge is 0.465 e. The molecular weight excluding hydrogens is 448 g/mol. The molecular formula is C19H17ClN4O2S3. The third kappa shape index (κ3) is 7.36. The maximum atomic E-state index is 11.9. The highest BCUT2D eigenvalue weighted by Crippen LogP contribution is 2.32. The minimum atomic E-state index is -0.211. The molecule has 0 bridgehead atoms. The molecule has 2 aromatic heterocycles. The maximum absolute atomic E-state index is 11.9. The van der Waals surface area contributed by atoms with E-state index in [1.54, 1.807) is 24.2 Å². The van der Waals surface area contributed by atoms with Gasteiger partial charge in [0.1, 0.15) is 5.76 Å². The quantitative estimate of drug-likeness (QED) is 0.260. The Morgan fingerprint density at radius 1 is 1.24 bits per heavy atom. The number of furan rings is 1. The van der Waals surface area contributed by atoms with Gasteiger partial charge < -0.3 is 4.42 Å². The highest BCUT2D eigenvalue weighted by molar-refractivity contribution is 8.03. The molecule has 1 amide bonds. The molecule has 29 heavy (non-hydrogen) atoms. The number of rotatable bonds is 9. The SMILES string of the molecule is CC(/C=N\NC(=O)CSc1nnc(SCc2ccccc2Cl)s1)=C\c1ccco1. The summed E-state index contributed by atoms with van der Waals surface area (Å²) < 4.78 is 6.79. The molecule has 0 saturated carbocycles. The number of nitrogens with one attached hydrogen (secondary N) is 1. The Morgan fingerprint density at radius 2 is 2.03 bits per heavy atom. The Balaban J connectivity index is 1.40. The third-order valence-corrected chi connectivity index (χ3v) is 7.00. The molecule has 0 unspecified atom stereocenters. The highest BCUT2D eigenvalue weighted by Gasteiger charge is 2.09. The number of hydrazone groups is 1. The molecule has 0 saturated heterocycles. The standard InChI is InChI=1S/C19H17ClN4O2S3/c1-13(9-15-6-4-8-26-15)10-21-22-17(25)12-28-19-24-23-18(29-19)27-11-14-5-2-3-7-16(14)20/h2-10H,11-12H2,1H3,(H,22,25)/b13-9+,21-10-. The molecule has 3 aromatic rings. The molecule has 150 valence electrons. The first-order valence-electron chi connectivity index (χ1n) is 8.46. The smallest absolute Gasteiger partial charge is 0.250 e. The summed E-state index contributed by atoms with van der Waals surface area (Å²) in [7, 11) is 0. The van der Waals surface area contributed by atoms with Gasteiger partial charge in [0, 0.05) is 10.8 Å². The van der Waals surface area contributed by atoms with Crippen molar-refractivity contribution in [2.45, 2.75) is 21.4 Å². The predicted molar refractivity (Wildman–Crippen MR) is 121 cm³/mol. The van der Waals surface area contributed by atoms with Crippen LogP contribution in [0.15, 0.2) is 66.4 Å². The van der Waals surface area contributed by atoms with Crippen molar-refractivity contribution in [2.75, 3.05) is 5.75 Å². The van der Waals surface area contributed by atoms with Crippen LogP contribution in [0.3, 0.4) is 0 Å². The zero-order valence-electron chi connectivity index (χ0n) is 15.4. The van der Waals surface area contributed by atoms with Crippen molar-refractivity contribution in [1.82, 2.24) is 15.6 Å². The Morgan fingerprint density at radius 3 is 2.79 bits per heavy atom. The molecule has 0 fully saturated rings. The van der Waals surface area contributed by atoms with Crippen LogP contribution in [-0.2, 0) is 10.5 Å². The van der Waals surface area contributed by atoms with Crippen molar-refractivity contribution >= 4 is 64.7 Å². The van der Waals surface area contributed by atoms with E-state index in [0.717, 1.165) is 36.4 Å². The summed E-state index contributed by atoms with van der Waals surface area (Å²) in [5.41, 5.74) is 4.41. The van der Waals surface area contributed by atoms with Crippen molar-refractivity contribution in [2.24, 2.45) is 5.10 Å². The van der Waals surface area contributed by atoms with Crippen molar-refractivity contribution < 1.29 is 9.21 Å². The summed E-state index contributed by atoms with van der Waals surface area (Å²) in [5, 5.41) is 12.9. The number of allylic oxidation sites excluding steroid dienone is 1. The number of thioether (sulfide) groups is 2. The van der Waals surface area contributed by atoms with E-state index in [0.29, 0.717) is 0 Å². The number of halogens is 1. The fraction of sp³-hybridized carbons (Fsp3) is 0.158. The van der Waals surface area contributed by atoms with Crippen LogP contribution >= 0.6 is 46.5 Å². The van der Waals surface area contributed by atoms with Crippen molar-refractivity contribution in [3.63, 3.8) is 0 Å². The van der Waals surface area contributed by atoms with Gasteiger partial charge in [-0.05, 0) is 42.3 Å². The topological polar surface area (TPSA) is 80.4 Å². The molecule has 0 atom stereocenters. The number of carbonyl (C=O) groups excluding carboxylic acids is 1. The van der Waals surface area contributed by atoms with E-state index < -0.39 is 0 Å². The number of carbonyl (C=O) groups is 1. The van der Waals surface area contributed by atoms with Gasteiger partial charge in [-0.15, -0.1) is 10.2 Å². The van der Waals surface area contributed by atoms with E-state index in [-0.39, 0.29) is 11.7 Å². The molecule has 0 aliphatic heterocycles. The van der Waals surface area contributed by atoms with Gasteiger partial charge in [-0.25, -0.2) is 5.43 Å². The van der Waals surface area contributed by atoms with Gasteiger partial charge in [-0.3, -0.25) is 4.79 Å². The van der Waals surface area contributed by atoms with Crippen molar-refractivity contribution in [1.29, 1.82) is 0 Å². The fourth-order valence-electron chi connectivity index (χ4n) is 2.07. The first-order valence-corrected chi connectivity index (χ1v) is 11.6. The van der Waals surface area contributed by atoms with Gasteiger partial charge in [0.05, 0.1) is 18.2 Å². The van der Waals surface area contributed by atoms with Gasteiger partial charge in [-0.2, -0.15) is 5.10 Å². The Hall–Kier alpha value is -2.07. The summed E-state index contributed by atoms with van der Waals surface area (Å²) in [6.45, 7) is 1.87. The summed E-state index contributed by atoms with van der Waals surface area (Å²) in [6.07, 6.45) is 5.00. The van der Waals surface area contributed by atoms with Crippen LogP contribution in [0, 0.1) is 0 Å². The first-order chi connectivity index (χ1) is 14.1. The summed E-state index contributed by atoms with van der Waals surface area (Å²) >= 11 is 10.5. The van der Waals surface area contributed by atoms with Gasteiger partial charge in [0.2, 0.25) is 0 Å². The normalized spacial score (nSPS) is 11.9. The molecule has 0 aliphatic rings. The van der Waals surface area contributed by atoms with Crippen LogP contribution in [0.4, 0.5) is 0 Å². The van der Waals surface area contributed by atoms with Crippen LogP contribution in [0.5, 0.6) is 0 Å². The number of benzene rings is 1. The summed E-state index contributed by atoms with van der Waals surface area (Å²) in [5.74, 6) is 1.45. The molecule has 0 aliphatic carbocycles. The zero-order valence-corrected chi connectivity index (χ0v) is 18.6. The fourth-order valence-corrected chi connectivity index (χ4v) is 5.17. The monoisotopic (exact) mass is 464 g/mol. The number of amides is 1. The van der Waals surface area contributed by atoms with Gasteiger partial charge in [0.25, 0.3) is 5.91 Å². The lowest BCUT2D eigenvalue weighted by molar-refractivity contribution is -0.118. The second-order valence-electron chi connectivity index (χ2n) is 5.70. The van der Waals surface area contributed by atoms with E-state index in [2.05, 4.69) is 20.7 Å². The minimum absolute atomic E-state index is 0.210. The molecule has 0 radical (unpaired) electrons. The van der Waals surface area contributed by atoms with E-state index in [4.69, 9.17) is 16.0 Å². The van der Waals surface area contributed by atoms with Crippen LogP contribution in [-0.4, -0.2) is 28.1 Å². The second kappa shape index (κ2) is 11.2. The van der Waals surface area contributed by atoms with Crippen LogP contribution in [0.25, 0.3) is 6.08 Å². The van der Waals surface area contributed by atoms with Crippen LogP contribution in [0.1, 0.15) is 18.2 Å². The third-order valence-electron chi connectivity index (χ3n) is 3.39. The number of aromatic nitrogens is 2. The van der Waals surface area contributed by atoms with E-state index in [9.17, 15) is 4.79 Å². The summed E-state index contributed by atoms with van der Waals surface area (Å²) in [4.78, 5) is 11.9. The van der Waals surface area contributed by atoms with Crippen molar-refractivity contribution in [3.05, 3.63) is 64.6 Å². The van der Waals surface area contributed by atoms with Gasteiger partial charge in [-0.1, -0.05) is 64.7 Å². The number of hydrogen-bond donors (Lipinski definition) is 1. The lowest BCUT2D eigenvalue weighted by atomic mass is 10.2. The minimum Gasteiger partial charge on any atom is -0.465 e. The molecule has 1 aromatic carbocycles. The summed E-state index contributed by atoms with van der Waals surface area (Å²) in [6, 6.07) is 11.4. The molecule has 10 heteroatoms. The first kappa shape index (κ1) is 21.6. The average molecular weight is 465 g/mol. The van der Waals surface area contributed by atoms with Crippen molar-refractivity contribution in [3.8, 4) is 0 Å². The highest BCUT2D eigenvalue weighted by atomic mass is 35.5. The van der Waals surface area contributed by atoms with Gasteiger partial charge in [0.15, 0.2) is 8.68 Å². The van der Waals surface area contributed by atoms with E-state index in [1.807, 2.05) is 49.4 Å². The molecule has 6 nitrogen and oxygen atoms in total.